The van der Waals surface area contributed by atoms with Crippen LogP contribution in [0.15, 0.2) is 52.5 Å². The zero-order chi connectivity index (χ0) is 13.9. The molecule has 0 fully saturated rings. The van der Waals surface area contributed by atoms with Crippen LogP contribution in [0.2, 0.25) is 0 Å². The highest BCUT2D eigenvalue weighted by atomic mass is 32.2. The van der Waals surface area contributed by atoms with E-state index in [-0.39, 0.29) is 6.54 Å². The largest absolute Gasteiger partial charge is 0.416 e. The van der Waals surface area contributed by atoms with Crippen molar-refractivity contribution < 1.29 is 13.2 Å². The van der Waals surface area contributed by atoms with E-state index in [1.165, 1.54) is 17.8 Å². The fourth-order valence-corrected chi connectivity index (χ4v) is 2.47. The Balaban J connectivity index is 2.32. The van der Waals surface area contributed by atoms with Crippen LogP contribution < -0.4 is 5.73 Å². The van der Waals surface area contributed by atoms with Gasteiger partial charge >= 0.3 is 6.18 Å². The zero-order valence-corrected chi connectivity index (χ0v) is 10.6. The molecule has 100 valence electrons. The Morgan fingerprint density at radius 3 is 2.37 bits per heavy atom. The van der Waals surface area contributed by atoms with Crippen LogP contribution in [0.25, 0.3) is 0 Å². The molecule has 2 N–H and O–H groups in total. The van der Waals surface area contributed by atoms with Crippen LogP contribution in [0.5, 0.6) is 0 Å². The van der Waals surface area contributed by atoms with E-state index >= 15 is 0 Å². The van der Waals surface area contributed by atoms with Gasteiger partial charge < -0.3 is 5.73 Å². The summed E-state index contributed by atoms with van der Waals surface area (Å²) in [6, 6.07) is 7.22. The van der Waals surface area contributed by atoms with Gasteiger partial charge in [0.25, 0.3) is 0 Å². The summed E-state index contributed by atoms with van der Waals surface area (Å²) in [5.41, 5.74) is 5.33. The quantitative estimate of drug-likeness (QED) is 0.933. The predicted octanol–water partition coefficient (Wildman–Crippen LogP) is 3.71. The number of alkyl halides is 3. The fourth-order valence-electron chi connectivity index (χ4n) is 1.55. The van der Waals surface area contributed by atoms with Gasteiger partial charge in [0.05, 0.1) is 5.56 Å². The van der Waals surface area contributed by atoms with Crippen molar-refractivity contribution in [3.63, 3.8) is 0 Å². The van der Waals surface area contributed by atoms with Crippen molar-refractivity contribution in [2.45, 2.75) is 22.5 Å². The topological polar surface area (TPSA) is 38.9 Å². The van der Waals surface area contributed by atoms with Gasteiger partial charge in [-0.05, 0) is 35.9 Å². The Bertz CT molecular complexity index is 556. The number of nitrogens with two attached hydrogens (primary N) is 1. The molecule has 2 nitrogen and oxygen atoms in total. The average Bonchev–Trinajstić information content (AvgIpc) is 2.39. The third-order valence-corrected chi connectivity index (χ3v) is 3.61. The highest BCUT2D eigenvalue weighted by molar-refractivity contribution is 7.99. The molecular weight excluding hydrogens is 273 g/mol. The molecule has 0 atom stereocenters. The maximum absolute atomic E-state index is 12.6. The molecule has 2 rings (SSSR count). The van der Waals surface area contributed by atoms with Gasteiger partial charge in [0.15, 0.2) is 0 Å². The van der Waals surface area contributed by atoms with E-state index in [0.717, 1.165) is 21.9 Å². The second kappa shape index (κ2) is 5.63. The van der Waals surface area contributed by atoms with Crippen LogP contribution in [0.4, 0.5) is 13.2 Å². The fraction of sp³-hybridized carbons (Fsp3) is 0.154. The van der Waals surface area contributed by atoms with Crippen molar-refractivity contribution in [3.8, 4) is 0 Å². The Morgan fingerprint density at radius 2 is 1.79 bits per heavy atom. The van der Waals surface area contributed by atoms with Crippen LogP contribution in [0.3, 0.4) is 0 Å². The summed E-state index contributed by atoms with van der Waals surface area (Å²) < 4.78 is 37.8. The van der Waals surface area contributed by atoms with Crippen LogP contribution >= 0.6 is 11.8 Å². The van der Waals surface area contributed by atoms with E-state index < -0.39 is 11.7 Å². The summed E-state index contributed by atoms with van der Waals surface area (Å²) in [7, 11) is 0. The van der Waals surface area contributed by atoms with E-state index in [1.807, 2.05) is 0 Å². The lowest BCUT2D eigenvalue weighted by Crippen LogP contribution is -2.07. The molecule has 0 saturated carbocycles. The average molecular weight is 284 g/mol. The van der Waals surface area contributed by atoms with Gasteiger partial charge in [0, 0.05) is 28.7 Å². The van der Waals surface area contributed by atoms with Gasteiger partial charge in [0.1, 0.15) is 0 Å². The molecular formula is C13H11F3N2S. The lowest BCUT2D eigenvalue weighted by Gasteiger charge is -2.12. The molecule has 0 bridgehead atoms. The second-order valence-electron chi connectivity index (χ2n) is 3.81. The van der Waals surface area contributed by atoms with Crippen LogP contribution in [0, 0.1) is 0 Å². The van der Waals surface area contributed by atoms with Gasteiger partial charge in [-0.3, -0.25) is 4.98 Å². The van der Waals surface area contributed by atoms with Gasteiger partial charge in [-0.2, -0.15) is 13.2 Å². The molecule has 6 heteroatoms. The third kappa shape index (κ3) is 3.48. The van der Waals surface area contributed by atoms with Crippen molar-refractivity contribution in [1.29, 1.82) is 0 Å². The lowest BCUT2D eigenvalue weighted by molar-refractivity contribution is -0.137. The molecule has 0 aliphatic heterocycles. The molecule has 0 aliphatic rings. The molecule has 0 unspecified atom stereocenters. The minimum absolute atomic E-state index is 0.0668. The molecule has 19 heavy (non-hydrogen) atoms. The van der Waals surface area contributed by atoms with Crippen molar-refractivity contribution >= 4 is 11.8 Å². The molecule has 2 aromatic rings. The van der Waals surface area contributed by atoms with Gasteiger partial charge in [0.2, 0.25) is 0 Å². The van der Waals surface area contributed by atoms with Crippen LogP contribution in [-0.4, -0.2) is 4.98 Å². The lowest BCUT2D eigenvalue weighted by atomic mass is 10.1. The smallest absolute Gasteiger partial charge is 0.326 e. The summed E-state index contributed by atoms with van der Waals surface area (Å²) in [6.45, 7) is 0.0668. The van der Waals surface area contributed by atoms with Crippen molar-refractivity contribution in [2.24, 2.45) is 5.73 Å². The van der Waals surface area contributed by atoms with E-state index in [1.54, 1.807) is 24.5 Å². The number of aromatic nitrogens is 1. The van der Waals surface area contributed by atoms with Crippen molar-refractivity contribution in [3.05, 3.63) is 53.9 Å². The van der Waals surface area contributed by atoms with Crippen LogP contribution in [-0.2, 0) is 12.7 Å². The highest BCUT2D eigenvalue weighted by Gasteiger charge is 2.30. The summed E-state index contributed by atoms with van der Waals surface area (Å²) in [5.74, 6) is 0. The summed E-state index contributed by atoms with van der Waals surface area (Å²) in [5, 5.41) is 0. The first kappa shape index (κ1) is 13.9. The standard InChI is InChI=1S/C13H11F3N2S/c14-13(15,16)10-1-2-12(9(7-10)8-17)19-11-3-5-18-6-4-11/h1-7H,8,17H2. The highest BCUT2D eigenvalue weighted by Crippen LogP contribution is 2.35. The van der Waals surface area contributed by atoms with Gasteiger partial charge in [-0.15, -0.1) is 0 Å². The van der Waals surface area contributed by atoms with E-state index in [2.05, 4.69) is 4.98 Å². The molecule has 0 amide bonds. The second-order valence-corrected chi connectivity index (χ2v) is 4.92. The maximum Gasteiger partial charge on any atom is 0.416 e. The van der Waals surface area contributed by atoms with E-state index in [4.69, 9.17) is 5.73 Å². The number of pyridine rings is 1. The zero-order valence-electron chi connectivity index (χ0n) is 9.82. The Labute approximate surface area is 112 Å². The number of nitrogens with zero attached hydrogens (tertiary/aromatic N) is 1. The van der Waals surface area contributed by atoms with E-state index in [0.29, 0.717) is 5.56 Å². The maximum atomic E-state index is 12.6. The summed E-state index contributed by atoms with van der Waals surface area (Å²) in [4.78, 5) is 5.52. The number of halogens is 3. The Hall–Kier alpha value is -1.53. The molecule has 1 aromatic carbocycles. The molecule has 0 radical (unpaired) electrons. The van der Waals surface area contributed by atoms with Crippen molar-refractivity contribution in [1.82, 2.24) is 4.98 Å². The predicted molar refractivity (Wildman–Crippen MR) is 67.7 cm³/mol. The summed E-state index contributed by atoms with van der Waals surface area (Å²) in [6.07, 6.45) is -1.08. The van der Waals surface area contributed by atoms with Crippen molar-refractivity contribution in [2.75, 3.05) is 0 Å². The SMILES string of the molecule is NCc1cc(C(F)(F)F)ccc1Sc1ccncc1. The Kier molecular flexibility index (Phi) is 4.11. The van der Waals surface area contributed by atoms with Crippen LogP contribution in [0.1, 0.15) is 11.1 Å². The Morgan fingerprint density at radius 1 is 1.11 bits per heavy atom. The number of rotatable bonds is 3. The molecule has 1 aromatic heterocycles. The first-order chi connectivity index (χ1) is 9.00. The summed E-state index contributed by atoms with van der Waals surface area (Å²) >= 11 is 1.37. The minimum Gasteiger partial charge on any atom is -0.326 e. The van der Waals surface area contributed by atoms with E-state index in [9.17, 15) is 13.2 Å². The first-order valence-corrected chi connectivity index (χ1v) is 6.30. The van der Waals surface area contributed by atoms with Gasteiger partial charge in [-0.25, -0.2) is 0 Å². The number of benzene rings is 1. The third-order valence-electron chi connectivity index (χ3n) is 2.49. The number of hydrogen-bond acceptors (Lipinski definition) is 3. The molecule has 0 saturated heterocycles. The van der Waals surface area contributed by atoms with Gasteiger partial charge in [-0.1, -0.05) is 11.8 Å². The molecule has 0 spiro atoms. The number of hydrogen-bond donors (Lipinski definition) is 1. The normalized spacial score (nSPS) is 11.6. The first-order valence-electron chi connectivity index (χ1n) is 5.49. The molecule has 0 aliphatic carbocycles. The monoisotopic (exact) mass is 284 g/mol. The molecule has 1 heterocycles. The minimum atomic E-state index is -4.34.